The highest BCUT2D eigenvalue weighted by molar-refractivity contribution is 14.0. The third-order valence-electron chi connectivity index (χ3n) is 5.06. The van der Waals surface area contributed by atoms with Gasteiger partial charge in [-0.1, -0.05) is 12.1 Å². The molecular weight excluding hydrogens is 469 g/mol. The summed E-state index contributed by atoms with van der Waals surface area (Å²) in [5.74, 6) is 1.90. The van der Waals surface area contributed by atoms with Gasteiger partial charge in [-0.2, -0.15) is 0 Å². The van der Waals surface area contributed by atoms with Crippen LogP contribution in [0.15, 0.2) is 23.2 Å². The molecule has 28 heavy (non-hydrogen) atoms. The molecule has 1 aromatic rings. The van der Waals surface area contributed by atoms with Crippen molar-refractivity contribution >= 4 is 29.9 Å². The number of nitrogens with zero attached hydrogens (tertiary/aromatic N) is 2. The molecule has 0 amide bonds. The van der Waals surface area contributed by atoms with Gasteiger partial charge >= 0.3 is 0 Å². The number of hydrogen-bond acceptors (Lipinski definition) is 4. The van der Waals surface area contributed by atoms with Gasteiger partial charge in [0.1, 0.15) is 11.9 Å². The van der Waals surface area contributed by atoms with Crippen molar-refractivity contribution in [2.75, 3.05) is 39.5 Å². The molecule has 2 saturated heterocycles. The number of benzene rings is 1. The van der Waals surface area contributed by atoms with Gasteiger partial charge < -0.3 is 24.4 Å². The molecule has 2 fully saturated rings. The van der Waals surface area contributed by atoms with E-state index in [0.717, 1.165) is 63.0 Å². The summed E-state index contributed by atoms with van der Waals surface area (Å²) in [7, 11) is 0. The molecule has 2 unspecified atom stereocenters. The fraction of sp³-hybridized carbons (Fsp3) is 0.667. The average molecular weight is 503 g/mol. The van der Waals surface area contributed by atoms with E-state index in [9.17, 15) is 0 Å². The topological polar surface area (TPSA) is 55.3 Å². The predicted octanol–water partition coefficient (Wildman–Crippen LogP) is 3.36. The molecule has 6 nitrogen and oxygen atoms in total. The monoisotopic (exact) mass is 503 g/mol. The van der Waals surface area contributed by atoms with Crippen molar-refractivity contribution in [1.82, 2.24) is 10.2 Å². The van der Waals surface area contributed by atoms with Crippen LogP contribution in [0.2, 0.25) is 0 Å². The number of aryl methyl sites for hydroxylation is 1. The van der Waals surface area contributed by atoms with Crippen molar-refractivity contribution in [3.8, 4) is 5.75 Å². The van der Waals surface area contributed by atoms with Crippen molar-refractivity contribution in [2.45, 2.75) is 52.4 Å². The van der Waals surface area contributed by atoms with Gasteiger partial charge in [0.15, 0.2) is 5.96 Å². The highest BCUT2D eigenvalue weighted by Gasteiger charge is 2.32. The lowest BCUT2D eigenvalue weighted by Crippen LogP contribution is -2.53. The summed E-state index contributed by atoms with van der Waals surface area (Å²) in [6, 6.07) is 6.30. The summed E-state index contributed by atoms with van der Waals surface area (Å²) in [6.07, 6.45) is 2.59. The summed E-state index contributed by atoms with van der Waals surface area (Å²) in [4.78, 5) is 7.19. The summed E-state index contributed by atoms with van der Waals surface area (Å²) in [5, 5.41) is 3.43. The molecule has 2 atom stereocenters. The first kappa shape index (κ1) is 23.2. The van der Waals surface area contributed by atoms with Crippen molar-refractivity contribution in [3.05, 3.63) is 29.3 Å². The van der Waals surface area contributed by atoms with Crippen molar-refractivity contribution in [3.63, 3.8) is 0 Å². The lowest BCUT2D eigenvalue weighted by atomic mass is 10.1. The number of nitrogens with one attached hydrogen (secondary N) is 1. The molecule has 158 valence electrons. The Balaban J connectivity index is 0.00000280. The standard InChI is InChI=1S/C21H33N3O3.HI/c1-4-22-21(23-14-17-8-9-18(25-5-2)16(3)13-17)24-10-12-27-20(15-24)19-7-6-11-26-19;/h8-9,13,19-20H,4-7,10-12,14-15H2,1-3H3,(H,22,23);1H. The van der Waals surface area contributed by atoms with Crippen LogP contribution in [0.1, 0.15) is 37.8 Å². The van der Waals surface area contributed by atoms with Crippen molar-refractivity contribution in [1.29, 1.82) is 0 Å². The first-order chi connectivity index (χ1) is 13.2. The quantitative estimate of drug-likeness (QED) is 0.367. The normalized spacial score (nSPS) is 22.7. The van der Waals surface area contributed by atoms with Crippen molar-refractivity contribution in [2.24, 2.45) is 4.99 Å². The Morgan fingerprint density at radius 2 is 2.07 bits per heavy atom. The van der Waals surface area contributed by atoms with Crippen LogP contribution in [0.4, 0.5) is 0 Å². The molecule has 0 aromatic heterocycles. The Hall–Kier alpha value is -1.06. The molecule has 0 spiro atoms. The van der Waals surface area contributed by atoms with E-state index in [1.807, 2.05) is 13.0 Å². The lowest BCUT2D eigenvalue weighted by Gasteiger charge is -2.37. The molecule has 1 aromatic carbocycles. The lowest BCUT2D eigenvalue weighted by molar-refractivity contribution is -0.0817. The number of morpholine rings is 1. The minimum Gasteiger partial charge on any atom is -0.494 e. The molecule has 2 aliphatic heterocycles. The second kappa shape index (κ2) is 11.8. The SMILES string of the molecule is CCNC(=NCc1ccc(OCC)c(C)c1)N1CCOC(C2CCCO2)C1.I. The van der Waals surface area contributed by atoms with Crippen LogP contribution in [0.5, 0.6) is 5.75 Å². The van der Waals surface area contributed by atoms with Crippen LogP contribution < -0.4 is 10.1 Å². The van der Waals surface area contributed by atoms with E-state index in [-0.39, 0.29) is 36.2 Å². The number of guanidine groups is 1. The molecule has 0 bridgehead atoms. The van der Waals surface area contributed by atoms with E-state index in [1.54, 1.807) is 0 Å². The Bertz CT molecular complexity index is 635. The van der Waals surface area contributed by atoms with Crippen LogP contribution in [-0.2, 0) is 16.0 Å². The third kappa shape index (κ3) is 6.22. The van der Waals surface area contributed by atoms with Gasteiger partial charge in [-0.25, -0.2) is 4.99 Å². The van der Waals surface area contributed by atoms with Crippen LogP contribution in [0, 0.1) is 6.92 Å². The summed E-state index contributed by atoms with van der Waals surface area (Å²) >= 11 is 0. The molecule has 0 radical (unpaired) electrons. The number of aliphatic imine (C=N–C) groups is 1. The summed E-state index contributed by atoms with van der Waals surface area (Å²) in [5.41, 5.74) is 2.34. The molecular formula is C21H34IN3O3. The number of ether oxygens (including phenoxy) is 3. The maximum absolute atomic E-state index is 5.97. The van der Waals surface area contributed by atoms with E-state index >= 15 is 0 Å². The fourth-order valence-corrected chi connectivity index (χ4v) is 3.71. The van der Waals surface area contributed by atoms with Crippen LogP contribution in [0.3, 0.4) is 0 Å². The highest BCUT2D eigenvalue weighted by atomic mass is 127. The number of hydrogen-bond donors (Lipinski definition) is 1. The molecule has 0 saturated carbocycles. The van der Waals surface area contributed by atoms with E-state index < -0.39 is 0 Å². The van der Waals surface area contributed by atoms with Gasteiger partial charge in [0.2, 0.25) is 0 Å². The van der Waals surface area contributed by atoms with Crippen LogP contribution >= 0.6 is 24.0 Å². The van der Waals surface area contributed by atoms with Crippen LogP contribution in [-0.4, -0.2) is 62.5 Å². The van der Waals surface area contributed by atoms with Gasteiger partial charge in [0.25, 0.3) is 0 Å². The van der Waals surface area contributed by atoms with E-state index in [1.165, 1.54) is 5.56 Å². The Labute approximate surface area is 186 Å². The molecule has 1 N–H and O–H groups in total. The van der Waals surface area contributed by atoms with Gasteiger partial charge in [-0.15, -0.1) is 24.0 Å². The fourth-order valence-electron chi connectivity index (χ4n) is 3.71. The minimum absolute atomic E-state index is 0. The minimum atomic E-state index is 0. The molecule has 0 aliphatic carbocycles. The van der Waals surface area contributed by atoms with Gasteiger partial charge in [-0.3, -0.25) is 0 Å². The predicted molar refractivity (Wildman–Crippen MR) is 123 cm³/mol. The molecule has 7 heteroatoms. The Morgan fingerprint density at radius 1 is 1.25 bits per heavy atom. The van der Waals surface area contributed by atoms with E-state index in [0.29, 0.717) is 13.2 Å². The second-order valence-corrected chi connectivity index (χ2v) is 7.11. The number of halogens is 1. The Kier molecular flexibility index (Phi) is 9.81. The maximum atomic E-state index is 5.97. The largest absolute Gasteiger partial charge is 0.494 e. The first-order valence-electron chi connectivity index (χ1n) is 10.2. The molecule has 2 heterocycles. The van der Waals surface area contributed by atoms with Crippen LogP contribution in [0.25, 0.3) is 0 Å². The smallest absolute Gasteiger partial charge is 0.194 e. The van der Waals surface area contributed by atoms with E-state index in [4.69, 9.17) is 19.2 Å². The maximum Gasteiger partial charge on any atom is 0.194 e. The van der Waals surface area contributed by atoms with Gasteiger partial charge in [0, 0.05) is 26.2 Å². The third-order valence-corrected chi connectivity index (χ3v) is 5.06. The summed E-state index contributed by atoms with van der Waals surface area (Å²) in [6.45, 7) is 11.6. The zero-order chi connectivity index (χ0) is 19.1. The zero-order valence-corrected chi connectivity index (χ0v) is 19.6. The van der Waals surface area contributed by atoms with E-state index in [2.05, 4.69) is 36.2 Å². The second-order valence-electron chi connectivity index (χ2n) is 7.11. The average Bonchev–Trinajstić information content (AvgIpc) is 3.22. The first-order valence-corrected chi connectivity index (χ1v) is 10.2. The highest BCUT2D eigenvalue weighted by Crippen LogP contribution is 2.22. The summed E-state index contributed by atoms with van der Waals surface area (Å²) < 4.78 is 17.4. The molecule has 3 rings (SSSR count). The Morgan fingerprint density at radius 3 is 2.75 bits per heavy atom. The van der Waals surface area contributed by atoms with Gasteiger partial charge in [-0.05, 0) is 50.8 Å². The van der Waals surface area contributed by atoms with Gasteiger partial charge in [0.05, 0.1) is 25.9 Å². The molecule has 2 aliphatic rings. The zero-order valence-electron chi connectivity index (χ0n) is 17.3. The number of rotatable bonds is 6. The van der Waals surface area contributed by atoms with Crippen molar-refractivity contribution < 1.29 is 14.2 Å².